The first-order valence-electron chi connectivity index (χ1n) is 7.68. The van der Waals surface area contributed by atoms with E-state index in [1.165, 1.54) is 0 Å². The van der Waals surface area contributed by atoms with E-state index in [2.05, 4.69) is 17.2 Å². The monoisotopic (exact) mass is 326 g/mol. The van der Waals surface area contributed by atoms with Crippen LogP contribution in [0, 0.1) is 0 Å². The van der Waals surface area contributed by atoms with Gasteiger partial charge in [-0.2, -0.15) is 0 Å². The number of methoxy groups -OCH3 is 1. The van der Waals surface area contributed by atoms with E-state index in [-0.39, 0.29) is 12.5 Å². The molecule has 0 aliphatic carbocycles. The van der Waals surface area contributed by atoms with Gasteiger partial charge in [-0.25, -0.2) is 0 Å². The number of hydrogen-bond donors (Lipinski definition) is 2. The molecule has 0 radical (unpaired) electrons. The molecule has 5 heteroatoms. The maximum Gasteiger partial charge on any atom is 0.238 e. The smallest absolute Gasteiger partial charge is 0.238 e. The van der Waals surface area contributed by atoms with E-state index < -0.39 is 0 Å². The normalized spacial score (nSPS) is 10.0. The zero-order valence-corrected chi connectivity index (χ0v) is 13.7. The summed E-state index contributed by atoms with van der Waals surface area (Å²) in [4.78, 5) is 12.0. The maximum absolute atomic E-state index is 12.0. The Hall–Kier alpha value is -2.79. The number of hydrogen-bond acceptors (Lipinski definition) is 4. The standard InChI is InChI=1S/C19H22N2O3/c1-3-11-24-18-6-4-5-16(12-18)21-19(22)14-20-13-15-7-9-17(23-2)10-8-15/h3-10,12,20H,1,11,13-14H2,2H3,(H,21,22). The zero-order chi connectivity index (χ0) is 17.2. The van der Waals surface area contributed by atoms with Gasteiger partial charge >= 0.3 is 0 Å². The van der Waals surface area contributed by atoms with Crippen molar-refractivity contribution in [2.45, 2.75) is 6.54 Å². The lowest BCUT2D eigenvalue weighted by atomic mass is 10.2. The first kappa shape index (κ1) is 17.6. The third kappa shape index (κ3) is 5.78. The van der Waals surface area contributed by atoms with Crippen molar-refractivity contribution >= 4 is 11.6 Å². The highest BCUT2D eigenvalue weighted by atomic mass is 16.5. The lowest BCUT2D eigenvalue weighted by molar-refractivity contribution is -0.115. The van der Waals surface area contributed by atoms with Crippen molar-refractivity contribution < 1.29 is 14.3 Å². The predicted molar refractivity (Wildman–Crippen MR) is 95.5 cm³/mol. The van der Waals surface area contributed by atoms with Gasteiger partial charge in [0.25, 0.3) is 0 Å². The van der Waals surface area contributed by atoms with Gasteiger partial charge in [-0.05, 0) is 29.8 Å². The van der Waals surface area contributed by atoms with E-state index in [1.807, 2.05) is 42.5 Å². The lowest BCUT2D eigenvalue weighted by Gasteiger charge is -2.09. The Bertz CT molecular complexity index is 669. The van der Waals surface area contributed by atoms with Crippen LogP contribution in [0.4, 0.5) is 5.69 Å². The minimum atomic E-state index is -0.107. The summed E-state index contributed by atoms with van der Waals surface area (Å²) in [5.74, 6) is 1.40. The Kier molecular flexibility index (Phi) is 6.86. The number of amides is 1. The molecule has 0 saturated heterocycles. The Balaban J connectivity index is 1.77. The van der Waals surface area contributed by atoms with Crippen LogP contribution in [-0.4, -0.2) is 26.2 Å². The van der Waals surface area contributed by atoms with Crippen molar-refractivity contribution in [2.75, 3.05) is 25.6 Å². The molecule has 0 unspecified atom stereocenters. The zero-order valence-electron chi connectivity index (χ0n) is 13.7. The van der Waals surface area contributed by atoms with Gasteiger partial charge in [0.15, 0.2) is 0 Å². The summed E-state index contributed by atoms with van der Waals surface area (Å²) in [5, 5.41) is 5.95. The molecule has 126 valence electrons. The third-order valence-electron chi connectivity index (χ3n) is 3.26. The van der Waals surface area contributed by atoms with Crippen LogP contribution in [0.25, 0.3) is 0 Å². The number of benzene rings is 2. The largest absolute Gasteiger partial charge is 0.497 e. The molecule has 0 spiro atoms. The molecular weight excluding hydrogens is 304 g/mol. The minimum absolute atomic E-state index is 0.107. The number of nitrogens with one attached hydrogen (secondary N) is 2. The van der Waals surface area contributed by atoms with Crippen LogP contribution in [0.2, 0.25) is 0 Å². The molecule has 0 bridgehead atoms. The molecule has 2 N–H and O–H groups in total. The van der Waals surface area contributed by atoms with E-state index in [0.717, 1.165) is 11.3 Å². The summed E-state index contributed by atoms with van der Waals surface area (Å²) in [6.45, 7) is 4.87. The number of carbonyl (C=O) groups is 1. The fraction of sp³-hybridized carbons (Fsp3) is 0.211. The summed E-state index contributed by atoms with van der Waals surface area (Å²) in [7, 11) is 1.63. The van der Waals surface area contributed by atoms with E-state index >= 15 is 0 Å². The summed E-state index contributed by atoms with van der Waals surface area (Å²) < 4.78 is 10.6. The summed E-state index contributed by atoms with van der Waals surface area (Å²) in [6, 6.07) is 15.0. The molecular formula is C19H22N2O3. The summed E-state index contributed by atoms with van der Waals surface area (Å²) >= 11 is 0. The summed E-state index contributed by atoms with van der Waals surface area (Å²) in [5.41, 5.74) is 1.79. The van der Waals surface area contributed by atoms with Crippen molar-refractivity contribution in [1.82, 2.24) is 5.32 Å². The van der Waals surface area contributed by atoms with E-state index in [9.17, 15) is 4.79 Å². The molecule has 0 saturated carbocycles. The number of anilines is 1. The van der Waals surface area contributed by atoms with Crippen LogP contribution in [0.1, 0.15) is 5.56 Å². The first-order valence-corrected chi connectivity index (χ1v) is 7.68. The molecule has 2 aromatic rings. The van der Waals surface area contributed by atoms with Gasteiger partial charge in [0.2, 0.25) is 5.91 Å². The number of carbonyl (C=O) groups excluding carboxylic acids is 1. The molecule has 0 heterocycles. The molecule has 0 aliphatic rings. The van der Waals surface area contributed by atoms with Crippen LogP contribution in [0.15, 0.2) is 61.2 Å². The molecule has 0 aliphatic heterocycles. The van der Waals surface area contributed by atoms with Crippen molar-refractivity contribution in [2.24, 2.45) is 0 Å². The second-order valence-corrected chi connectivity index (χ2v) is 5.13. The van der Waals surface area contributed by atoms with E-state index in [4.69, 9.17) is 9.47 Å². The van der Waals surface area contributed by atoms with Gasteiger partial charge < -0.3 is 20.1 Å². The van der Waals surface area contributed by atoms with Gasteiger partial charge in [0, 0.05) is 18.3 Å². The van der Waals surface area contributed by atoms with Crippen LogP contribution in [0.3, 0.4) is 0 Å². The fourth-order valence-corrected chi connectivity index (χ4v) is 2.09. The van der Waals surface area contributed by atoms with Crippen molar-refractivity contribution in [1.29, 1.82) is 0 Å². The van der Waals surface area contributed by atoms with Crippen molar-refractivity contribution in [3.63, 3.8) is 0 Å². The van der Waals surface area contributed by atoms with Crippen LogP contribution >= 0.6 is 0 Å². The molecule has 2 rings (SSSR count). The maximum atomic E-state index is 12.0. The Morgan fingerprint density at radius 3 is 2.67 bits per heavy atom. The highest BCUT2D eigenvalue weighted by molar-refractivity contribution is 5.92. The van der Waals surface area contributed by atoms with Gasteiger partial charge in [-0.15, -0.1) is 0 Å². The molecule has 0 fully saturated rings. The average Bonchev–Trinajstić information content (AvgIpc) is 2.61. The Morgan fingerprint density at radius 2 is 1.96 bits per heavy atom. The predicted octanol–water partition coefficient (Wildman–Crippen LogP) is 2.99. The van der Waals surface area contributed by atoms with E-state index in [0.29, 0.717) is 24.6 Å². The summed E-state index contributed by atoms with van der Waals surface area (Å²) in [6.07, 6.45) is 1.67. The molecule has 0 aromatic heterocycles. The SMILES string of the molecule is C=CCOc1cccc(NC(=O)CNCc2ccc(OC)cc2)c1. The van der Waals surface area contributed by atoms with Gasteiger partial charge in [0.1, 0.15) is 18.1 Å². The first-order chi connectivity index (χ1) is 11.7. The molecule has 24 heavy (non-hydrogen) atoms. The number of rotatable bonds is 9. The third-order valence-corrected chi connectivity index (χ3v) is 3.26. The van der Waals surface area contributed by atoms with Crippen LogP contribution in [-0.2, 0) is 11.3 Å². The minimum Gasteiger partial charge on any atom is -0.497 e. The van der Waals surface area contributed by atoms with Crippen molar-refractivity contribution in [3.05, 3.63) is 66.7 Å². The average molecular weight is 326 g/mol. The highest BCUT2D eigenvalue weighted by Gasteiger charge is 2.03. The molecule has 2 aromatic carbocycles. The highest BCUT2D eigenvalue weighted by Crippen LogP contribution is 2.17. The Labute approximate surface area is 142 Å². The van der Waals surface area contributed by atoms with Gasteiger partial charge in [-0.3, -0.25) is 4.79 Å². The van der Waals surface area contributed by atoms with Crippen LogP contribution in [0.5, 0.6) is 11.5 Å². The van der Waals surface area contributed by atoms with Gasteiger partial charge in [-0.1, -0.05) is 30.9 Å². The van der Waals surface area contributed by atoms with Crippen molar-refractivity contribution in [3.8, 4) is 11.5 Å². The molecule has 5 nitrogen and oxygen atoms in total. The number of ether oxygens (including phenoxy) is 2. The van der Waals surface area contributed by atoms with Crippen LogP contribution < -0.4 is 20.1 Å². The van der Waals surface area contributed by atoms with E-state index in [1.54, 1.807) is 19.3 Å². The topological polar surface area (TPSA) is 59.6 Å². The lowest BCUT2D eigenvalue weighted by Crippen LogP contribution is -2.27. The second-order valence-electron chi connectivity index (χ2n) is 5.13. The second kappa shape index (κ2) is 9.37. The molecule has 0 atom stereocenters. The molecule has 1 amide bonds. The fourth-order valence-electron chi connectivity index (χ4n) is 2.09. The van der Waals surface area contributed by atoms with Gasteiger partial charge in [0.05, 0.1) is 13.7 Å². The quantitative estimate of drug-likeness (QED) is 0.696. The Morgan fingerprint density at radius 1 is 1.17 bits per heavy atom.